The lowest BCUT2D eigenvalue weighted by molar-refractivity contribution is 0.354. The van der Waals surface area contributed by atoms with E-state index in [-0.39, 0.29) is 4.83 Å². The normalized spacial score (nSPS) is 12.0. The number of halogens is 1. The molecule has 0 bridgehead atoms. The number of methoxy groups -OCH3 is 2. The van der Waals surface area contributed by atoms with E-state index in [1.165, 1.54) is 22.3 Å². The SMILES string of the molecule is COc1ccc(CC(Br)c2cc(C)cc(C)c2)cc1OC. The Morgan fingerprint density at radius 3 is 2.10 bits per heavy atom. The summed E-state index contributed by atoms with van der Waals surface area (Å²) >= 11 is 3.80. The molecule has 21 heavy (non-hydrogen) atoms. The molecule has 2 aromatic carbocycles. The molecule has 112 valence electrons. The Kier molecular flexibility index (Phi) is 5.29. The zero-order chi connectivity index (χ0) is 15.4. The summed E-state index contributed by atoms with van der Waals surface area (Å²) in [6, 6.07) is 12.7. The molecule has 0 radical (unpaired) electrons. The van der Waals surface area contributed by atoms with Crippen molar-refractivity contribution in [1.29, 1.82) is 0 Å². The van der Waals surface area contributed by atoms with E-state index < -0.39 is 0 Å². The number of ether oxygens (including phenoxy) is 2. The van der Waals surface area contributed by atoms with Gasteiger partial charge in [-0.2, -0.15) is 0 Å². The first-order chi connectivity index (χ1) is 10.0. The highest BCUT2D eigenvalue weighted by molar-refractivity contribution is 9.09. The van der Waals surface area contributed by atoms with E-state index in [0.29, 0.717) is 0 Å². The van der Waals surface area contributed by atoms with Crippen molar-refractivity contribution in [2.45, 2.75) is 25.1 Å². The monoisotopic (exact) mass is 348 g/mol. The highest BCUT2D eigenvalue weighted by Gasteiger charge is 2.12. The molecular formula is C18H21BrO2. The largest absolute Gasteiger partial charge is 0.493 e. The van der Waals surface area contributed by atoms with Crippen LogP contribution in [-0.2, 0) is 6.42 Å². The number of benzene rings is 2. The van der Waals surface area contributed by atoms with Gasteiger partial charge in [-0.25, -0.2) is 0 Å². The highest BCUT2D eigenvalue weighted by atomic mass is 79.9. The molecule has 2 aromatic rings. The third kappa shape index (κ3) is 4.01. The molecule has 2 nitrogen and oxygen atoms in total. The molecule has 0 heterocycles. The average Bonchev–Trinajstić information content (AvgIpc) is 2.46. The first-order valence-electron chi connectivity index (χ1n) is 6.96. The molecule has 0 aromatic heterocycles. The van der Waals surface area contributed by atoms with Gasteiger partial charge in [0.05, 0.1) is 14.2 Å². The number of aryl methyl sites for hydroxylation is 2. The van der Waals surface area contributed by atoms with Gasteiger partial charge in [0.2, 0.25) is 0 Å². The van der Waals surface area contributed by atoms with Gasteiger partial charge in [0.25, 0.3) is 0 Å². The van der Waals surface area contributed by atoms with E-state index in [0.717, 1.165) is 17.9 Å². The van der Waals surface area contributed by atoms with Crippen LogP contribution in [0.25, 0.3) is 0 Å². The van der Waals surface area contributed by atoms with Gasteiger partial charge < -0.3 is 9.47 Å². The lowest BCUT2D eigenvalue weighted by Gasteiger charge is -2.14. The molecule has 0 aliphatic heterocycles. The summed E-state index contributed by atoms with van der Waals surface area (Å²) in [5, 5.41) is 0. The highest BCUT2D eigenvalue weighted by Crippen LogP contribution is 2.32. The second kappa shape index (κ2) is 6.99. The minimum Gasteiger partial charge on any atom is -0.493 e. The van der Waals surface area contributed by atoms with Gasteiger partial charge >= 0.3 is 0 Å². The first kappa shape index (κ1) is 15.9. The van der Waals surface area contributed by atoms with E-state index >= 15 is 0 Å². The Bertz CT molecular complexity index is 602. The summed E-state index contributed by atoms with van der Waals surface area (Å²) in [6.45, 7) is 4.26. The van der Waals surface area contributed by atoms with E-state index in [2.05, 4.69) is 54.0 Å². The van der Waals surface area contributed by atoms with E-state index in [4.69, 9.17) is 9.47 Å². The third-order valence-electron chi connectivity index (χ3n) is 3.47. The number of hydrogen-bond acceptors (Lipinski definition) is 2. The van der Waals surface area contributed by atoms with Crippen LogP contribution in [0.3, 0.4) is 0 Å². The summed E-state index contributed by atoms with van der Waals surface area (Å²) < 4.78 is 10.6. The van der Waals surface area contributed by atoms with Crippen molar-refractivity contribution in [1.82, 2.24) is 0 Å². The fourth-order valence-electron chi connectivity index (χ4n) is 2.52. The Hall–Kier alpha value is -1.48. The molecule has 3 heteroatoms. The zero-order valence-corrected chi connectivity index (χ0v) is 14.5. The van der Waals surface area contributed by atoms with Crippen molar-refractivity contribution in [2.75, 3.05) is 14.2 Å². The molecule has 0 fully saturated rings. The van der Waals surface area contributed by atoms with Gasteiger partial charge in [-0.3, -0.25) is 0 Å². The van der Waals surface area contributed by atoms with Gasteiger partial charge in [-0.1, -0.05) is 51.3 Å². The van der Waals surface area contributed by atoms with Crippen molar-refractivity contribution in [3.05, 3.63) is 58.7 Å². The van der Waals surface area contributed by atoms with Crippen LogP contribution in [0, 0.1) is 13.8 Å². The van der Waals surface area contributed by atoms with Crippen LogP contribution in [0.15, 0.2) is 36.4 Å². The topological polar surface area (TPSA) is 18.5 Å². The summed E-state index contributed by atoms with van der Waals surface area (Å²) in [5.41, 5.74) is 5.11. The van der Waals surface area contributed by atoms with Gasteiger partial charge in [-0.15, -0.1) is 0 Å². The van der Waals surface area contributed by atoms with Crippen LogP contribution < -0.4 is 9.47 Å². The summed E-state index contributed by atoms with van der Waals surface area (Å²) in [6.07, 6.45) is 0.906. The third-order valence-corrected chi connectivity index (χ3v) is 4.32. The van der Waals surface area contributed by atoms with Crippen LogP contribution >= 0.6 is 15.9 Å². The molecule has 0 spiro atoms. The van der Waals surface area contributed by atoms with Crippen LogP contribution in [0.4, 0.5) is 0 Å². The van der Waals surface area contributed by atoms with Crippen LogP contribution in [0.5, 0.6) is 11.5 Å². The van der Waals surface area contributed by atoms with Gasteiger partial charge in [0.15, 0.2) is 11.5 Å². The predicted octanol–water partition coefficient (Wildman–Crippen LogP) is 5.00. The molecule has 1 unspecified atom stereocenters. The lowest BCUT2D eigenvalue weighted by atomic mass is 10.0. The summed E-state index contributed by atoms with van der Waals surface area (Å²) in [7, 11) is 3.32. The van der Waals surface area contributed by atoms with Gasteiger partial charge in [0, 0.05) is 4.83 Å². The summed E-state index contributed by atoms with van der Waals surface area (Å²) in [5.74, 6) is 1.54. The second-order valence-electron chi connectivity index (χ2n) is 5.28. The Labute approximate surface area is 135 Å². The first-order valence-corrected chi connectivity index (χ1v) is 7.88. The minimum atomic E-state index is 0.286. The molecule has 0 saturated heterocycles. The second-order valence-corrected chi connectivity index (χ2v) is 6.39. The van der Waals surface area contributed by atoms with E-state index in [9.17, 15) is 0 Å². The minimum absolute atomic E-state index is 0.286. The smallest absolute Gasteiger partial charge is 0.160 e. The van der Waals surface area contributed by atoms with Crippen molar-refractivity contribution in [3.8, 4) is 11.5 Å². The molecular weight excluding hydrogens is 328 g/mol. The van der Waals surface area contributed by atoms with E-state index in [1.807, 2.05) is 12.1 Å². The van der Waals surface area contributed by atoms with Crippen molar-refractivity contribution >= 4 is 15.9 Å². The maximum absolute atomic E-state index is 5.36. The molecule has 0 amide bonds. The van der Waals surface area contributed by atoms with Crippen LogP contribution in [-0.4, -0.2) is 14.2 Å². The zero-order valence-electron chi connectivity index (χ0n) is 12.9. The molecule has 0 saturated carbocycles. The maximum Gasteiger partial charge on any atom is 0.160 e. The van der Waals surface area contributed by atoms with Crippen molar-refractivity contribution in [2.24, 2.45) is 0 Å². The quantitative estimate of drug-likeness (QED) is 0.708. The lowest BCUT2D eigenvalue weighted by Crippen LogP contribution is -1.98. The van der Waals surface area contributed by atoms with E-state index in [1.54, 1.807) is 14.2 Å². The molecule has 1 atom stereocenters. The van der Waals surface area contributed by atoms with Gasteiger partial charge in [-0.05, 0) is 43.5 Å². The average molecular weight is 349 g/mol. The Balaban J connectivity index is 2.20. The number of hydrogen-bond donors (Lipinski definition) is 0. The maximum atomic E-state index is 5.36. The number of alkyl halides is 1. The molecule has 0 aliphatic carbocycles. The van der Waals surface area contributed by atoms with Crippen LogP contribution in [0.2, 0.25) is 0 Å². The van der Waals surface area contributed by atoms with Gasteiger partial charge in [0.1, 0.15) is 0 Å². The molecule has 0 N–H and O–H groups in total. The molecule has 2 rings (SSSR count). The number of rotatable bonds is 5. The fourth-order valence-corrected chi connectivity index (χ4v) is 3.16. The fraction of sp³-hybridized carbons (Fsp3) is 0.333. The van der Waals surface area contributed by atoms with Crippen molar-refractivity contribution in [3.63, 3.8) is 0 Å². The van der Waals surface area contributed by atoms with Crippen molar-refractivity contribution < 1.29 is 9.47 Å². The van der Waals surface area contributed by atoms with Crippen LogP contribution in [0.1, 0.15) is 27.1 Å². The standard InChI is InChI=1S/C18H21BrO2/c1-12-7-13(2)9-15(8-12)16(19)10-14-5-6-17(20-3)18(11-14)21-4/h5-9,11,16H,10H2,1-4H3. The summed E-state index contributed by atoms with van der Waals surface area (Å²) in [4.78, 5) is 0.286. The predicted molar refractivity (Wildman–Crippen MR) is 90.8 cm³/mol. The Morgan fingerprint density at radius 2 is 1.52 bits per heavy atom. The Morgan fingerprint density at radius 1 is 0.905 bits per heavy atom. The molecule has 0 aliphatic rings.